The van der Waals surface area contributed by atoms with Crippen LogP contribution in [0.15, 0.2) is 42.5 Å². The first kappa shape index (κ1) is 21.7. The molecule has 1 N–H and O–H groups in total. The zero-order chi connectivity index (χ0) is 21.5. The molecule has 1 aliphatic rings. The second-order valence-corrected chi connectivity index (χ2v) is 7.66. The van der Waals surface area contributed by atoms with Gasteiger partial charge >= 0.3 is 0 Å². The van der Waals surface area contributed by atoms with Gasteiger partial charge in [-0.15, -0.1) is 0 Å². The fourth-order valence-corrected chi connectivity index (χ4v) is 3.78. The Morgan fingerprint density at radius 3 is 2.27 bits per heavy atom. The largest absolute Gasteiger partial charge is 0.497 e. The second-order valence-electron chi connectivity index (χ2n) is 7.66. The first-order valence-corrected chi connectivity index (χ1v) is 10.4. The van der Waals surface area contributed by atoms with E-state index in [9.17, 15) is 9.59 Å². The van der Waals surface area contributed by atoms with E-state index in [2.05, 4.69) is 5.32 Å². The predicted octanol–water partition coefficient (Wildman–Crippen LogP) is 3.37. The van der Waals surface area contributed by atoms with Crippen molar-refractivity contribution in [3.63, 3.8) is 0 Å². The number of piperidine rings is 1. The van der Waals surface area contributed by atoms with Gasteiger partial charge in [0.1, 0.15) is 11.5 Å². The molecule has 0 aliphatic carbocycles. The average molecular weight is 411 g/mol. The molecule has 1 heterocycles. The number of nitrogens with one attached hydrogen (secondary N) is 1. The molecular weight excluding hydrogens is 380 g/mol. The van der Waals surface area contributed by atoms with Gasteiger partial charge in [0, 0.05) is 37.2 Å². The van der Waals surface area contributed by atoms with Crippen LogP contribution in [-0.4, -0.2) is 50.1 Å². The molecule has 0 radical (unpaired) electrons. The molecule has 1 aliphatic heterocycles. The number of aryl methyl sites for hydroxylation is 2. The van der Waals surface area contributed by atoms with Gasteiger partial charge in [-0.1, -0.05) is 18.2 Å². The number of benzene rings is 2. The van der Waals surface area contributed by atoms with Crippen LogP contribution in [0, 0.1) is 6.92 Å². The summed E-state index contributed by atoms with van der Waals surface area (Å²) in [6, 6.07) is 13.4. The van der Waals surface area contributed by atoms with Crippen LogP contribution in [0.4, 0.5) is 0 Å². The summed E-state index contributed by atoms with van der Waals surface area (Å²) in [4.78, 5) is 27.0. The van der Waals surface area contributed by atoms with E-state index in [0.29, 0.717) is 31.5 Å². The van der Waals surface area contributed by atoms with Crippen molar-refractivity contribution in [3.8, 4) is 11.5 Å². The Hall–Kier alpha value is -3.02. The molecule has 0 aromatic heterocycles. The Kier molecular flexibility index (Phi) is 7.33. The molecule has 160 valence electrons. The first-order chi connectivity index (χ1) is 14.5. The lowest BCUT2D eigenvalue weighted by molar-refractivity contribution is -0.132. The number of ether oxygens (including phenoxy) is 2. The summed E-state index contributed by atoms with van der Waals surface area (Å²) in [6.07, 6.45) is 2.62. The van der Waals surface area contributed by atoms with Gasteiger partial charge in [0.05, 0.1) is 14.2 Å². The molecule has 2 aromatic carbocycles. The van der Waals surface area contributed by atoms with Gasteiger partial charge in [-0.2, -0.15) is 0 Å². The molecule has 2 amide bonds. The van der Waals surface area contributed by atoms with E-state index in [0.717, 1.165) is 35.5 Å². The molecule has 30 heavy (non-hydrogen) atoms. The van der Waals surface area contributed by atoms with E-state index >= 15 is 0 Å². The Labute approximate surface area is 178 Å². The molecule has 0 saturated carbocycles. The van der Waals surface area contributed by atoms with Crippen LogP contribution < -0.4 is 14.8 Å². The smallest absolute Gasteiger partial charge is 0.251 e. The highest BCUT2D eigenvalue weighted by atomic mass is 16.5. The quantitative estimate of drug-likeness (QED) is 0.760. The normalized spacial score (nSPS) is 14.3. The van der Waals surface area contributed by atoms with Gasteiger partial charge < -0.3 is 19.7 Å². The molecule has 1 fully saturated rings. The van der Waals surface area contributed by atoms with E-state index < -0.39 is 0 Å². The van der Waals surface area contributed by atoms with Crippen molar-refractivity contribution in [3.05, 3.63) is 59.2 Å². The maximum atomic E-state index is 12.7. The van der Waals surface area contributed by atoms with Crippen molar-refractivity contribution in [2.24, 2.45) is 0 Å². The lowest BCUT2D eigenvalue weighted by Crippen LogP contribution is -2.46. The van der Waals surface area contributed by atoms with E-state index in [1.54, 1.807) is 14.2 Å². The number of carbonyl (C=O) groups is 2. The lowest BCUT2D eigenvalue weighted by atomic mass is 10.0. The summed E-state index contributed by atoms with van der Waals surface area (Å²) in [5, 5.41) is 3.11. The second kappa shape index (κ2) is 10.1. The molecule has 1 saturated heterocycles. The third kappa shape index (κ3) is 5.53. The molecule has 0 atom stereocenters. The van der Waals surface area contributed by atoms with Gasteiger partial charge in [0.2, 0.25) is 5.91 Å². The summed E-state index contributed by atoms with van der Waals surface area (Å²) < 4.78 is 10.6. The van der Waals surface area contributed by atoms with Crippen LogP contribution in [0.3, 0.4) is 0 Å². The Morgan fingerprint density at radius 1 is 1.03 bits per heavy atom. The number of likely N-dealkylation sites (tertiary alicyclic amines) is 1. The van der Waals surface area contributed by atoms with Crippen LogP contribution in [0.1, 0.15) is 40.7 Å². The maximum absolute atomic E-state index is 12.7. The van der Waals surface area contributed by atoms with Gasteiger partial charge in [-0.25, -0.2) is 0 Å². The maximum Gasteiger partial charge on any atom is 0.251 e. The number of methoxy groups -OCH3 is 2. The minimum Gasteiger partial charge on any atom is -0.497 e. The predicted molar refractivity (Wildman–Crippen MR) is 116 cm³/mol. The zero-order valence-corrected chi connectivity index (χ0v) is 17.9. The van der Waals surface area contributed by atoms with Gasteiger partial charge in [0.25, 0.3) is 5.91 Å². The molecule has 3 rings (SSSR count). The van der Waals surface area contributed by atoms with E-state index in [4.69, 9.17) is 9.47 Å². The van der Waals surface area contributed by atoms with Crippen molar-refractivity contribution >= 4 is 11.8 Å². The first-order valence-electron chi connectivity index (χ1n) is 10.4. The van der Waals surface area contributed by atoms with E-state index in [1.165, 1.54) is 0 Å². The number of hydrogen-bond acceptors (Lipinski definition) is 4. The minimum absolute atomic E-state index is 0.0372. The number of rotatable bonds is 7. The van der Waals surface area contributed by atoms with Crippen LogP contribution in [0.25, 0.3) is 0 Å². The standard InChI is InChI=1S/C24H30N2O4/c1-17-6-4-5-7-22(17)24(28)25-19-10-12-26(13-11-19)23(27)9-8-18-14-20(29-2)16-21(15-18)30-3/h4-7,14-16,19H,8-13H2,1-3H3,(H,25,28). The third-order valence-electron chi connectivity index (χ3n) is 5.61. The van der Waals surface area contributed by atoms with Crippen molar-refractivity contribution in [2.75, 3.05) is 27.3 Å². The molecule has 0 spiro atoms. The highest BCUT2D eigenvalue weighted by Gasteiger charge is 2.24. The van der Waals surface area contributed by atoms with Crippen LogP contribution in [0.5, 0.6) is 11.5 Å². The summed E-state index contributed by atoms with van der Waals surface area (Å²) >= 11 is 0. The number of hydrogen-bond donors (Lipinski definition) is 1. The Balaban J connectivity index is 1.47. The monoisotopic (exact) mass is 410 g/mol. The Bertz CT molecular complexity index is 866. The summed E-state index contributed by atoms with van der Waals surface area (Å²) in [7, 11) is 3.23. The van der Waals surface area contributed by atoms with Crippen LogP contribution in [-0.2, 0) is 11.2 Å². The SMILES string of the molecule is COc1cc(CCC(=O)N2CCC(NC(=O)c3ccccc3C)CC2)cc(OC)c1. The molecule has 6 nitrogen and oxygen atoms in total. The van der Waals surface area contributed by atoms with Crippen molar-refractivity contribution in [1.29, 1.82) is 0 Å². The topological polar surface area (TPSA) is 67.9 Å². The summed E-state index contributed by atoms with van der Waals surface area (Å²) in [6.45, 7) is 3.27. The Morgan fingerprint density at radius 2 is 1.67 bits per heavy atom. The van der Waals surface area contributed by atoms with Gasteiger partial charge in [-0.3, -0.25) is 9.59 Å². The molecular formula is C24H30N2O4. The van der Waals surface area contributed by atoms with Crippen LogP contribution in [0.2, 0.25) is 0 Å². The van der Waals surface area contributed by atoms with Crippen molar-refractivity contribution < 1.29 is 19.1 Å². The van der Waals surface area contributed by atoms with Gasteiger partial charge in [-0.05, 0) is 55.5 Å². The van der Waals surface area contributed by atoms with Gasteiger partial charge in [0.15, 0.2) is 0 Å². The summed E-state index contributed by atoms with van der Waals surface area (Å²) in [5.74, 6) is 1.55. The zero-order valence-electron chi connectivity index (χ0n) is 17.9. The minimum atomic E-state index is -0.0372. The molecule has 0 unspecified atom stereocenters. The van der Waals surface area contributed by atoms with E-state index in [-0.39, 0.29) is 17.9 Å². The fourth-order valence-electron chi connectivity index (χ4n) is 3.78. The highest BCUT2D eigenvalue weighted by molar-refractivity contribution is 5.95. The molecule has 0 bridgehead atoms. The molecule has 2 aromatic rings. The molecule has 6 heteroatoms. The van der Waals surface area contributed by atoms with Crippen molar-refractivity contribution in [2.45, 2.75) is 38.6 Å². The number of nitrogens with zero attached hydrogens (tertiary/aromatic N) is 1. The number of amides is 2. The number of carbonyl (C=O) groups excluding carboxylic acids is 2. The highest BCUT2D eigenvalue weighted by Crippen LogP contribution is 2.23. The lowest BCUT2D eigenvalue weighted by Gasteiger charge is -2.32. The summed E-state index contributed by atoms with van der Waals surface area (Å²) in [5.41, 5.74) is 2.70. The third-order valence-corrected chi connectivity index (χ3v) is 5.61. The van der Waals surface area contributed by atoms with E-state index in [1.807, 2.05) is 54.3 Å². The average Bonchev–Trinajstić information content (AvgIpc) is 2.77. The van der Waals surface area contributed by atoms with Crippen LogP contribution >= 0.6 is 0 Å². The van der Waals surface area contributed by atoms with Crippen molar-refractivity contribution in [1.82, 2.24) is 10.2 Å². The fraction of sp³-hybridized carbons (Fsp3) is 0.417.